The van der Waals surface area contributed by atoms with Gasteiger partial charge in [0.25, 0.3) is 0 Å². The summed E-state index contributed by atoms with van der Waals surface area (Å²) in [7, 11) is 0. The number of hydrogen-bond donors (Lipinski definition) is 3. The van der Waals surface area contributed by atoms with E-state index in [2.05, 4.69) is 10.4 Å². The number of benzene rings is 1. The molecule has 2 rings (SSSR count). The third-order valence-corrected chi connectivity index (χ3v) is 2.87. The van der Waals surface area contributed by atoms with E-state index in [9.17, 15) is 4.39 Å². The van der Waals surface area contributed by atoms with Crippen molar-refractivity contribution in [2.45, 2.75) is 19.5 Å². The van der Waals surface area contributed by atoms with Crippen LogP contribution in [0.3, 0.4) is 0 Å². The Kier molecular flexibility index (Phi) is 3.59. The third-order valence-electron chi connectivity index (χ3n) is 2.87. The van der Waals surface area contributed by atoms with Crippen LogP contribution in [0.4, 0.5) is 10.1 Å². The zero-order chi connectivity index (χ0) is 13.1. The first-order chi connectivity index (χ1) is 8.67. The maximum atomic E-state index is 13.3. The van der Waals surface area contributed by atoms with E-state index in [1.165, 1.54) is 18.2 Å². The molecule has 0 radical (unpaired) electrons. The number of halogens is 1. The smallest absolute Gasteiger partial charge is 0.131 e. The van der Waals surface area contributed by atoms with Crippen LogP contribution in [0.5, 0.6) is 0 Å². The van der Waals surface area contributed by atoms with Gasteiger partial charge in [0.05, 0.1) is 0 Å². The maximum absolute atomic E-state index is 13.3. The lowest BCUT2D eigenvalue weighted by molar-refractivity contribution is 0.555. The second kappa shape index (κ2) is 5.16. The molecule has 0 aliphatic heterocycles. The average molecular weight is 249 g/mol. The molecule has 0 amide bonds. The molecule has 6 heteroatoms. The van der Waals surface area contributed by atoms with E-state index < -0.39 is 6.04 Å². The molecule has 0 saturated heterocycles. The van der Waals surface area contributed by atoms with E-state index >= 15 is 0 Å². The molecular weight excluding hydrogens is 233 g/mol. The molecule has 1 unspecified atom stereocenters. The predicted molar refractivity (Wildman–Crippen MR) is 67.9 cm³/mol. The fourth-order valence-electron chi connectivity index (χ4n) is 1.95. The highest BCUT2D eigenvalue weighted by molar-refractivity contribution is 5.50. The van der Waals surface area contributed by atoms with E-state index in [1.807, 2.05) is 17.7 Å². The van der Waals surface area contributed by atoms with Crippen LogP contribution in [-0.4, -0.2) is 9.55 Å². The molecule has 1 aromatic carbocycles. The first-order valence-corrected chi connectivity index (χ1v) is 5.69. The normalized spacial score (nSPS) is 12.6. The van der Waals surface area contributed by atoms with Gasteiger partial charge in [0.2, 0.25) is 0 Å². The van der Waals surface area contributed by atoms with Crippen molar-refractivity contribution in [1.82, 2.24) is 15.0 Å². The molecule has 5 nitrogen and oxygen atoms in total. The van der Waals surface area contributed by atoms with Crippen molar-refractivity contribution in [3.05, 3.63) is 47.8 Å². The van der Waals surface area contributed by atoms with Crippen molar-refractivity contribution in [1.29, 1.82) is 0 Å². The molecule has 5 N–H and O–H groups in total. The Labute approximate surface area is 105 Å². The lowest BCUT2D eigenvalue weighted by atomic mass is 10.0. The number of aryl methyl sites for hydroxylation is 1. The van der Waals surface area contributed by atoms with Crippen LogP contribution >= 0.6 is 0 Å². The molecule has 0 aliphatic rings. The van der Waals surface area contributed by atoms with Crippen LogP contribution in [0.1, 0.15) is 24.4 Å². The van der Waals surface area contributed by atoms with Gasteiger partial charge < -0.3 is 10.3 Å². The standard InChI is InChI=1S/C12H16FN5/c1-2-18-6-5-16-12(18)11(17-15)9-7-8(13)3-4-10(9)14/h3-7,11,17H,2,14-15H2,1H3. The Morgan fingerprint density at radius 1 is 1.50 bits per heavy atom. The fraction of sp³-hybridized carbons (Fsp3) is 0.250. The third kappa shape index (κ3) is 2.20. The summed E-state index contributed by atoms with van der Waals surface area (Å²) in [6.07, 6.45) is 3.52. The van der Waals surface area contributed by atoms with E-state index in [0.29, 0.717) is 17.1 Å². The highest BCUT2D eigenvalue weighted by Gasteiger charge is 2.20. The Hall–Kier alpha value is -1.92. The van der Waals surface area contributed by atoms with Gasteiger partial charge in [-0.1, -0.05) is 0 Å². The minimum atomic E-state index is -0.435. The van der Waals surface area contributed by atoms with Crippen LogP contribution in [0.2, 0.25) is 0 Å². The average Bonchev–Trinajstić information content (AvgIpc) is 2.83. The van der Waals surface area contributed by atoms with Crippen LogP contribution in [0, 0.1) is 5.82 Å². The summed E-state index contributed by atoms with van der Waals surface area (Å²) in [5, 5.41) is 0. The largest absolute Gasteiger partial charge is 0.398 e. The zero-order valence-corrected chi connectivity index (χ0v) is 10.1. The zero-order valence-electron chi connectivity index (χ0n) is 10.1. The first kappa shape index (κ1) is 12.5. The van der Waals surface area contributed by atoms with E-state index in [-0.39, 0.29) is 5.82 Å². The minimum absolute atomic E-state index is 0.353. The molecule has 0 bridgehead atoms. The molecule has 1 aromatic heterocycles. The van der Waals surface area contributed by atoms with Gasteiger partial charge in [-0.25, -0.2) is 14.8 Å². The quantitative estimate of drug-likeness (QED) is 0.431. The van der Waals surface area contributed by atoms with Crippen LogP contribution in [0.15, 0.2) is 30.6 Å². The topological polar surface area (TPSA) is 81.9 Å². The number of aromatic nitrogens is 2. The van der Waals surface area contributed by atoms with Crippen LogP contribution in [0.25, 0.3) is 0 Å². The Morgan fingerprint density at radius 3 is 2.94 bits per heavy atom. The molecule has 96 valence electrons. The monoisotopic (exact) mass is 249 g/mol. The second-order valence-electron chi connectivity index (χ2n) is 3.94. The number of hydrazine groups is 1. The molecule has 0 spiro atoms. The second-order valence-corrected chi connectivity index (χ2v) is 3.94. The number of nitrogen functional groups attached to an aromatic ring is 1. The Bertz CT molecular complexity index is 537. The molecule has 1 atom stereocenters. The van der Waals surface area contributed by atoms with Crippen molar-refractivity contribution in [3.63, 3.8) is 0 Å². The molecule has 2 aromatic rings. The van der Waals surface area contributed by atoms with Gasteiger partial charge in [-0.05, 0) is 25.1 Å². The summed E-state index contributed by atoms with van der Waals surface area (Å²) >= 11 is 0. The van der Waals surface area contributed by atoms with Crippen LogP contribution < -0.4 is 17.0 Å². The summed E-state index contributed by atoms with van der Waals surface area (Å²) in [6.45, 7) is 2.75. The lowest BCUT2D eigenvalue weighted by Crippen LogP contribution is -2.31. The van der Waals surface area contributed by atoms with E-state index in [1.54, 1.807) is 6.20 Å². The molecule has 0 aliphatic carbocycles. The molecule has 1 heterocycles. The fourth-order valence-corrected chi connectivity index (χ4v) is 1.95. The van der Waals surface area contributed by atoms with Gasteiger partial charge in [-0.2, -0.15) is 0 Å². The molecule has 18 heavy (non-hydrogen) atoms. The highest BCUT2D eigenvalue weighted by Crippen LogP contribution is 2.26. The van der Waals surface area contributed by atoms with E-state index in [0.717, 1.165) is 6.54 Å². The molecule has 0 fully saturated rings. The predicted octanol–water partition coefficient (Wildman–Crippen LogP) is 1.18. The van der Waals surface area contributed by atoms with Gasteiger partial charge in [0.1, 0.15) is 17.7 Å². The number of hydrogen-bond acceptors (Lipinski definition) is 4. The first-order valence-electron chi connectivity index (χ1n) is 5.69. The van der Waals surface area contributed by atoms with Crippen molar-refractivity contribution in [2.24, 2.45) is 5.84 Å². The van der Waals surface area contributed by atoms with E-state index in [4.69, 9.17) is 11.6 Å². The maximum Gasteiger partial charge on any atom is 0.131 e. The highest BCUT2D eigenvalue weighted by atomic mass is 19.1. The minimum Gasteiger partial charge on any atom is -0.398 e. The summed E-state index contributed by atoms with van der Waals surface area (Å²) in [5.41, 5.74) is 9.56. The van der Waals surface area contributed by atoms with Gasteiger partial charge in [-0.15, -0.1) is 0 Å². The van der Waals surface area contributed by atoms with Crippen LogP contribution in [-0.2, 0) is 6.54 Å². The summed E-state index contributed by atoms with van der Waals surface area (Å²) in [5.74, 6) is 5.91. The van der Waals surface area contributed by atoms with Crippen molar-refractivity contribution < 1.29 is 4.39 Å². The number of nitrogens with two attached hydrogens (primary N) is 2. The number of nitrogens with one attached hydrogen (secondary N) is 1. The van der Waals surface area contributed by atoms with Gasteiger partial charge in [0, 0.05) is 30.2 Å². The molecule has 0 saturated carbocycles. The van der Waals surface area contributed by atoms with Gasteiger partial charge in [0.15, 0.2) is 0 Å². The van der Waals surface area contributed by atoms with Crippen molar-refractivity contribution in [3.8, 4) is 0 Å². The summed E-state index contributed by atoms with van der Waals surface area (Å²) in [6, 6.07) is 3.78. The number of anilines is 1. The SMILES string of the molecule is CCn1ccnc1C(NN)c1cc(F)ccc1N. The van der Waals surface area contributed by atoms with Gasteiger partial charge >= 0.3 is 0 Å². The Balaban J connectivity index is 2.48. The number of rotatable bonds is 4. The number of nitrogens with zero attached hydrogens (tertiary/aromatic N) is 2. The lowest BCUT2D eigenvalue weighted by Gasteiger charge is -2.19. The summed E-state index contributed by atoms with van der Waals surface area (Å²) < 4.78 is 15.2. The summed E-state index contributed by atoms with van der Waals surface area (Å²) in [4.78, 5) is 4.25. The van der Waals surface area contributed by atoms with Gasteiger partial charge in [-0.3, -0.25) is 5.84 Å². The van der Waals surface area contributed by atoms with Crippen molar-refractivity contribution >= 4 is 5.69 Å². The Morgan fingerprint density at radius 2 is 2.28 bits per heavy atom. The van der Waals surface area contributed by atoms with Crippen molar-refractivity contribution in [2.75, 3.05) is 5.73 Å². The molecular formula is C12H16FN5. The number of imidazole rings is 1.